The van der Waals surface area contributed by atoms with Crippen LogP contribution in [0.4, 0.5) is 0 Å². The van der Waals surface area contributed by atoms with Gasteiger partial charge in [0, 0.05) is 24.4 Å². The van der Waals surface area contributed by atoms with E-state index in [4.69, 9.17) is 0 Å². The highest BCUT2D eigenvalue weighted by Gasteiger charge is 2.11. The van der Waals surface area contributed by atoms with Gasteiger partial charge < -0.3 is 0 Å². The SMILES string of the molecule is CC(C)C(=O)c1cnc2ccnn2c1. The summed E-state index contributed by atoms with van der Waals surface area (Å²) in [7, 11) is 0. The van der Waals surface area contributed by atoms with Crippen LogP contribution in [-0.2, 0) is 0 Å². The Morgan fingerprint density at radius 2 is 2.29 bits per heavy atom. The van der Waals surface area contributed by atoms with E-state index >= 15 is 0 Å². The molecule has 0 saturated carbocycles. The van der Waals surface area contributed by atoms with Crippen molar-refractivity contribution in [1.82, 2.24) is 14.6 Å². The van der Waals surface area contributed by atoms with Gasteiger partial charge >= 0.3 is 0 Å². The maximum absolute atomic E-state index is 11.6. The molecule has 4 nitrogen and oxygen atoms in total. The minimum atomic E-state index is -0.00943. The van der Waals surface area contributed by atoms with Crippen LogP contribution >= 0.6 is 0 Å². The topological polar surface area (TPSA) is 47.3 Å². The summed E-state index contributed by atoms with van der Waals surface area (Å²) in [6, 6.07) is 1.80. The number of carbonyl (C=O) groups is 1. The van der Waals surface area contributed by atoms with Gasteiger partial charge in [-0.3, -0.25) is 4.79 Å². The fourth-order valence-corrected chi connectivity index (χ4v) is 1.27. The molecular weight excluding hydrogens is 178 g/mol. The molecule has 0 radical (unpaired) electrons. The summed E-state index contributed by atoms with van der Waals surface area (Å²) in [6.45, 7) is 3.74. The van der Waals surface area contributed by atoms with Crippen molar-refractivity contribution in [3.8, 4) is 0 Å². The Bertz CT molecular complexity index is 473. The minimum Gasteiger partial charge on any atom is -0.294 e. The monoisotopic (exact) mass is 189 g/mol. The van der Waals surface area contributed by atoms with Gasteiger partial charge in [0.2, 0.25) is 0 Å². The highest BCUT2D eigenvalue weighted by molar-refractivity contribution is 5.96. The van der Waals surface area contributed by atoms with Crippen molar-refractivity contribution in [1.29, 1.82) is 0 Å². The van der Waals surface area contributed by atoms with Crippen molar-refractivity contribution in [3.05, 3.63) is 30.2 Å². The molecule has 72 valence electrons. The highest BCUT2D eigenvalue weighted by atomic mass is 16.1. The lowest BCUT2D eigenvalue weighted by atomic mass is 10.0. The predicted octanol–water partition coefficient (Wildman–Crippen LogP) is 1.57. The quantitative estimate of drug-likeness (QED) is 0.673. The summed E-state index contributed by atoms with van der Waals surface area (Å²) in [5.74, 6) is 0.0831. The second-order valence-electron chi connectivity index (χ2n) is 3.50. The first kappa shape index (κ1) is 8.87. The van der Waals surface area contributed by atoms with Gasteiger partial charge in [0.05, 0.1) is 11.8 Å². The molecule has 0 aromatic carbocycles. The average molecular weight is 189 g/mol. The van der Waals surface area contributed by atoms with Crippen molar-refractivity contribution >= 4 is 11.4 Å². The lowest BCUT2D eigenvalue weighted by Gasteiger charge is -2.03. The largest absolute Gasteiger partial charge is 0.294 e. The first-order valence-electron chi connectivity index (χ1n) is 4.52. The molecule has 0 N–H and O–H groups in total. The molecule has 2 rings (SSSR count). The summed E-state index contributed by atoms with van der Waals surface area (Å²) in [5, 5.41) is 4.02. The van der Waals surface area contributed by atoms with Crippen molar-refractivity contribution < 1.29 is 4.79 Å². The molecule has 2 aromatic heterocycles. The molecule has 2 aromatic rings. The van der Waals surface area contributed by atoms with E-state index in [-0.39, 0.29) is 11.7 Å². The van der Waals surface area contributed by atoms with E-state index in [1.54, 1.807) is 29.2 Å². The smallest absolute Gasteiger partial charge is 0.168 e. The van der Waals surface area contributed by atoms with E-state index in [2.05, 4.69) is 10.1 Å². The van der Waals surface area contributed by atoms with Crippen molar-refractivity contribution in [2.24, 2.45) is 5.92 Å². The van der Waals surface area contributed by atoms with Crippen molar-refractivity contribution in [2.45, 2.75) is 13.8 Å². The third-order valence-electron chi connectivity index (χ3n) is 2.06. The number of Topliss-reactive ketones (excluding diaryl/α,β-unsaturated/α-hetero) is 1. The summed E-state index contributed by atoms with van der Waals surface area (Å²) in [6.07, 6.45) is 4.97. The van der Waals surface area contributed by atoms with Crippen LogP contribution in [0.1, 0.15) is 24.2 Å². The third kappa shape index (κ3) is 1.39. The average Bonchev–Trinajstić information content (AvgIpc) is 2.62. The number of nitrogens with zero attached hydrogens (tertiary/aromatic N) is 3. The van der Waals surface area contributed by atoms with Gasteiger partial charge in [0.25, 0.3) is 0 Å². The van der Waals surface area contributed by atoms with Gasteiger partial charge in [0.1, 0.15) is 0 Å². The molecule has 14 heavy (non-hydrogen) atoms. The number of carbonyl (C=O) groups excluding carboxylic acids is 1. The Morgan fingerprint density at radius 1 is 1.50 bits per heavy atom. The Morgan fingerprint density at radius 3 is 3.00 bits per heavy atom. The van der Waals surface area contributed by atoms with E-state index in [0.717, 1.165) is 5.65 Å². The molecule has 0 aliphatic rings. The molecule has 2 heterocycles. The van der Waals surface area contributed by atoms with Crippen LogP contribution in [0, 0.1) is 5.92 Å². The van der Waals surface area contributed by atoms with E-state index in [0.29, 0.717) is 5.56 Å². The van der Waals surface area contributed by atoms with Gasteiger partial charge in [-0.15, -0.1) is 0 Å². The van der Waals surface area contributed by atoms with E-state index in [9.17, 15) is 4.79 Å². The van der Waals surface area contributed by atoms with Gasteiger partial charge in [-0.25, -0.2) is 9.50 Å². The Hall–Kier alpha value is -1.71. The summed E-state index contributed by atoms with van der Waals surface area (Å²) >= 11 is 0. The molecule has 0 aliphatic heterocycles. The van der Waals surface area contributed by atoms with Crippen molar-refractivity contribution in [2.75, 3.05) is 0 Å². The molecule has 0 aliphatic carbocycles. The molecule has 0 amide bonds. The molecule has 0 bridgehead atoms. The standard InChI is InChI=1S/C10H11N3O/c1-7(2)10(14)8-5-11-9-3-4-12-13(9)6-8/h3-7H,1-2H3. The molecule has 0 unspecified atom stereocenters. The first-order chi connectivity index (χ1) is 6.68. The summed E-state index contributed by atoms with van der Waals surface area (Å²) in [4.78, 5) is 15.8. The van der Waals surface area contributed by atoms with Gasteiger partial charge in [-0.1, -0.05) is 13.8 Å². The van der Waals surface area contributed by atoms with E-state index < -0.39 is 0 Å². The van der Waals surface area contributed by atoms with Gasteiger partial charge in [-0.05, 0) is 0 Å². The maximum atomic E-state index is 11.6. The zero-order valence-corrected chi connectivity index (χ0v) is 8.14. The molecule has 4 heteroatoms. The van der Waals surface area contributed by atoms with E-state index in [1.165, 1.54) is 0 Å². The fourth-order valence-electron chi connectivity index (χ4n) is 1.27. The fraction of sp³-hybridized carbons (Fsp3) is 0.300. The summed E-state index contributed by atoms with van der Waals surface area (Å²) in [5.41, 5.74) is 1.36. The maximum Gasteiger partial charge on any atom is 0.168 e. The first-order valence-corrected chi connectivity index (χ1v) is 4.52. The van der Waals surface area contributed by atoms with Crippen molar-refractivity contribution in [3.63, 3.8) is 0 Å². The number of rotatable bonds is 2. The molecular formula is C10H11N3O. The molecule has 0 spiro atoms. The zero-order valence-electron chi connectivity index (χ0n) is 8.14. The van der Waals surface area contributed by atoms with Crippen LogP contribution in [0.2, 0.25) is 0 Å². The number of aromatic nitrogens is 3. The lowest BCUT2D eigenvalue weighted by Crippen LogP contribution is -2.09. The van der Waals surface area contributed by atoms with Gasteiger partial charge in [0.15, 0.2) is 11.4 Å². The second kappa shape index (κ2) is 3.21. The van der Waals surface area contributed by atoms with E-state index in [1.807, 2.05) is 13.8 Å². The Kier molecular flexibility index (Phi) is 2.04. The van der Waals surface area contributed by atoms with Crippen LogP contribution < -0.4 is 0 Å². The number of fused-ring (bicyclic) bond motifs is 1. The van der Waals surface area contributed by atoms with Crippen LogP contribution in [0.25, 0.3) is 5.65 Å². The molecule has 0 fully saturated rings. The van der Waals surface area contributed by atoms with Crippen LogP contribution in [0.15, 0.2) is 24.7 Å². The van der Waals surface area contributed by atoms with Gasteiger partial charge in [-0.2, -0.15) is 5.10 Å². The highest BCUT2D eigenvalue weighted by Crippen LogP contribution is 2.07. The Labute approximate surface area is 81.6 Å². The molecule has 0 atom stereocenters. The zero-order chi connectivity index (χ0) is 10.1. The second-order valence-corrected chi connectivity index (χ2v) is 3.50. The predicted molar refractivity (Wildman–Crippen MR) is 52.2 cm³/mol. The van der Waals surface area contributed by atoms with Crippen LogP contribution in [0.5, 0.6) is 0 Å². The summed E-state index contributed by atoms with van der Waals surface area (Å²) < 4.78 is 1.61. The third-order valence-corrected chi connectivity index (χ3v) is 2.06. The van der Waals surface area contributed by atoms with Crippen LogP contribution in [0.3, 0.4) is 0 Å². The number of ketones is 1. The van der Waals surface area contributed by atoms with Crippen LogP contribution in [-0.4, -0.2) is 20.4 Å². The minimum absolute atomic E-state index is 0.00943. The number of hydrogen-bond donors (Lipinski definition) is 0. The molecule has 0 saturated heterocycles. The lowest BCUT2D eigenvalue weighted by molar-refractivity contribution is 0.0938. The Balaban J connectivity index is 2.48. The number of hydrogen-bond acceptors (Lipinski definition) is 3. The normalized spacial score (nSPS) is 11.1.